The maximum absolute atomic E-state index is 13.7. The van der Waals surface area contributed by atoms with E-state index in [9.17, 15) is 4.79 Å². The molecule has 2 aliphatic rings. The molecule has 0 radical (unpaired) electrons. The van der Waals surface area contributed by atoms with E-state index in [0.29, 0.717) is 6.54 Å². The van der Waals surface area contributed by atoms with Crippen molar-refractivity contribution < 1.29 is 4.79 Å². The number of nitrogens with one attached hydrogen (secondary N) is 1. The number of amides is 1. The van der Waals surface area contributed by atoms with Crippen LogP contribution in [0.4, 0.5) is 0 Å². The molecule has 1 aromatic heterocycles. The van der Waals surface area contributed by atoms with E-state index in [1.54, 1.807) is 11.8 Å². The van der Waals surface area contributed by atoms with Crippen LogP contribution in [0, 0.1) is 0 Å². The summed E-state index contributed by atoms with van der Waals surface area (Å²) in [5.74, 6) is 1.27. The molecule has 1 N–H and O–H groups in total. The van der Waals surface area contributed by atoms with E-state index in [0.717, 1.165) is 50.2 Å². The zero-order chi connectivity index (χ0) is 18.5. The maximum atomic E-state index is 13.7. The summed E-state index contributed by atoms with van der Waals surface area (Å²) in [7, 11) is 0. The molecule has 2 aliphatic heterocycles. The molecule has 5 heteroatoms. The van der Waals surface area contributed by atoms with E-state index in [2.05, 4.69) is 39.5 Å². The smallest absolute Gasteiger partial charge is 0.240 e. The summed E-state index contributed by atoms with van der Waals surface area (Å²) in [6.07, 6.45) is 6.06. The number of thioether (sulfide) groups is 1. The van der Waals surface area contributed by atoms with E-state index in [1.807, 2.05) is 24.4 Å². The number of hydrogen-bond acceptors (Lipinski definition) is 4. The highest BCUT2D eigenvalue weighted by Crippen LogP contribution is 2.39. The Morgan fingerprint density at radius 3 is 2.93 bits per heavy atom. The van der Waals surface area contributed by atoms with Crippen molar-refractivity contribution in [3.8, 4) is 0 Å². The highest BCUT2D eigenvalue weighted by atomic mass is 32.2. The number of hydrogen-bond donors (Lipinski definition) is 1. The molecule has 1 saturated heterocycles. The Kier molecular flexibility index (Phi) is 6.10. The minimum absolute atomic E-state index is 0.0881. The minimum Gasteiger partial charge on any atom is -0.333 e. The van der Waals surface area contributed by atoms with Gasteiger partial charge in [-0.25, -0.2) is 0 Å². The number of carbonyl (C=O) groups excluding carboxylic acids is 1. The lowest BCUT2D eigenvalue weighted by Crippen LogP contribution is -2.43. The van der Waals surface area contributed by atoms with Crippen LogP contribution in [0.1, 0.15) is 41.3 Å². The van der Waals surface area contributed by atoms with Gasteiger partial charge < -0.3 is 10.2 Å². The Bertz CT molecular complexity index is 759. The summed E-state index contributed by atoms with van der Waals surface area (Å²) < 4.78 is 0. The van der Waals surface area contributed by atoms with Crippen LogP contribution in [0.15, 0.2) is 48.7 Å². The van der Waals surface area contributed by atoms with E-state index >= 15 is 0 Å². The van der Waals surface area contributed by atoms with Gasteiger partial charge in [0, 0.05) is 12.2 Å². The van der Waals surface area contributed by atoms with Crippen LogP contribution in [0.2, 0.25) is 0 Å². The van der Waals surface area contributed by atoms with Gasteiger partial charge in [0.15, 0.2) is 0 Å². The molecule has 4 nitrogen and oxygen atoms in total. The fourth-order valence-electron chi connectivity index (χ4n) is 4.11. The Morgan fingerprint density at radius 2 is 2.04 bits per heavy atom. The first-order valence-corrected chi connectivity index (χ1v) is 11.0. The van der Waals surface area contributed by atoms with Crippen molar-refractivity contribution in [2.45, 2.75) is 43.5 Å². The Balaban J connectivity index is 1.62. The van der Waals surface area contributed by atoms with Crippen LogP contribution in [0.25, 0.3) is 0 Å². The molecule has 0 aliphatic carbocycles. The number of rotatable bonds is 4. The average molecular weight is 382 g/mol. The van der Waals surface area contributed by atoms with E-state index < -0.39 is 0 Å². The third-order valence-corrected chi connectivity index (χ3v) is 6.77. The molecular weight excluding hydrogens is 354 g/mol. The van der Waals surface area contributed by atoms with Crippen LogP contribution >= 0.6 is 11.8 Å². The molecule has 1 aromatic carbocycles. The van der Waals surface area contributed by atoms with Gasteiger partial charge in [-0.3, -0.25) is 9.78 Å². The van der Waals surface area contributed by atoms with Crippen LogP contribution in [-0.4, -0.2) is 40.7 Å². The topological polar surface area (TPSA) is 45.2 Å². The van der Waals surface area contributed by atoms with Crippen LogP contribution in [0.5, 0.6) is 0 Å². The van der Waals surface area contributed by atoms with Gasteiger partial charge in [0.05, 0.1) is 12.2 Å². The summed E-state index contributed by atoms with van der Waals surface area (Å²) in [5, 5.41) is 3.38. The monoisotopic (exact) mass is 381 g/mol. The van der Waals surface area contributed by atoms with Gasteiger partial charge in [0.25, 0.3) is 0 Å². The van der Waals surface area contributed by atoms with Crippen LogP contribution < -0.4 is 5.32 Å². The highest BCUT2D eigenvalue weighted by molar-refractivity contribution is 8.00. The zero-order valence-electron chi connectivity index (χ0n) is 15.6. The first-order chi connectivity index (χ1) is 13.3. The SMILES string of the molecule is O=C(C1SCCc2ccccc21)N(Cc1ccccn1)C1CCCNCC1. The second-order valence-corrected chi connectivity index (χ2v) is 8.53. The van der Waals surface area contributed by atoms with Crippen molar-refractivity contribution in [1.29, 1.82) is 0 Å². The lowest BCUT2D eigenvalue weighted by molar-refractivity contribution is -0.134. The summed E-state index contributed by atoms with van der Waals surface area (Å²) in [5.41, 5.74) is 3.50. The van der Waals surface area contributed by atoms with Gasteiger partial charge in [-0.15, -0.1) is 11.8 Å². The predicted octanol–water partition coefficient (Wildman–Crippen LogP) is 3.58. The quantitative estimate of drug-likeness (QED) is 0.879. The number of fused-ring (bicyclic) bond motifs is 1. The first-order valence-electron chi connectivity index (χ1n) is 9.93. The molecule has 2 unspecified atom stereocenters. The molecule has 2 atom stereocenters. The van der Waals surface area contributed by atoms with E-state index in [4.69, 9.17) is 0 Å². The van der Waals surface area contributed by atoms with Crippen molar-refractivity contribution >= 4 is 17.7 Å². The fourth-order valence-corrected chi connectivity index (χ4v) is 5.38. The third-order valence-electron chi connectivity index (χ3n) is 5.55. The lowest BCUT2D eigenvalue weighted by atomic mass is 9.99. The van der Waals surface area contributed by atoms with Gasteiger partial charge in [-0.1, -0.05) is 30.3 Å². The zero-order valence-corrected chi connectivity index (χ0v) is 16.5. The van der Waals surface area contributed by atoms with Crippen molar-refractivity contribution in [3.05, 3.63) is 65.5 Å². The molecule has 4 rings (SSSR count). The summed E-state index contributed by atoms with van der Waals surface area (Å²) in [6.45, 7) is 2.62. The number of aryl methyl sites for hydroxylation is 1. The molecule has 0 bridgehead atoms. The largest absolute Gasteiger partial charge is 0.333 e. The van der Waals surface area contributed by atoms with Crippen molar-refractivity contribution in [2.75, 3.05) is 18.8 Å². The number of benzene rings is 1. The second kappa shape index (κ2) is 8.89. The third kappa shape index (κ3) is 4.36. The lowest BCUT2D eigenvalue weighted by Gasteiger charge is -2.35. The average Bonchev–Trinajstić information content (AvgIpc) is 3.01. The van der Waals surface area contributed by atoms with Crippen LogP contribution in [0.3, 0.4) is 0 Å². The second-order valence-electron chi connectivity index (χ2n) is 7.32. The number of pyridine rings is 1. The van der Waals surface area contributed by atoms with E-state index in [1.165, 1.54) is 11.1 Å². The molecule has 2 aromatic rings. The van der Waals surface area contributed by atoms with Crippen molar-refractivity contribution in [2.24, 2.45) is 0 Å². The van der Waals surface area contributed by atoms with E-state index in [-0.39, 0.29) is 17.2 Å². The summed E-state index contributed by atoms with van der Waals surface area (Å²) >= 11 is 1.79. The van der Waals surface area contributed by atoms with Gasteiger partial charge in [0.2, 0.25) is 5.91 Å². The molecule has 142 valence electrons. The summed E-state index contributed by atoms with van der Waals surface area (Å²) in [6, 6.07) is 14.7. The molecule has 1 amide bonds. The van der Waals surface area contributed by atoms with Gasteiger partial charge in [0.1, 0.15) is 5.25 Å². The predicted molar refractivity (Wildman–Crippen MR) is 111 cm³/mol. The molecule has 3 heterocycles. The van der Waals surface area contributed by atoms with Gasteiger partial charge in [-0.2, -0.15) is 0 Å². The Morgan fingerprint density at radius 1 is 1.15 bits per heavy atom. The molecule has 27 heavy (non-hydrogen) atoms. The fraction of sp³-hybridized carbons (Fsp3) is 0.455. The normalized spacial score (nSPS) is 22.5. The number of nitrogens with zero attached hydrogens (tertiary/aromatic N) is 2. The Labute approximate surface area is 165 Å². The first kappa shape index (κ1) is 18.5. The van der Waals surface area contributed by atoms with Gasteiger partial charge in [-0.05, 0) is 67.8 Å². The Hall–Kier alpha value is -1.85. The van der Waals surface area contributed by atoms with Crippen LogP contribution in [-0.2, 0) is 17.8 Å². The molecule has 0 spiro atoms. The van der Waals surface area contributed by atoms with Crippen molar-refractivity contribution in [3.63, 3.8) is 0 Å². The van der Waals surface area contributed by atoms with Gasteiger partial charge >= 0.3 is 0 Å². The molecule has 0 saturated carbocycles. The van der Waals surface area contributed by atoms with Crippen molar-refractivity contribution in [1.82, 2.24) is 15.2 Å². The molecular formula is C22H27N3OS. The standard InChI is InChI=1S/C22H27N3OS/c26-22(21-20-9-2-1-6-17(20)11-15-27-21)25(16-18-7-3-4-13-24-18)19-8-5-12-23-14-10-19/h1-4,6-7,9,13,19,21,23H,5,8,10-12,14-16H2. The number of aromatic nitrogens is 1. The summed E-state index contributed by atoms with van der Waals surface area (Å²) in [4.78, 5) is 20.3. The highest BCUT2D eigenvalue weighted by Gasteiger charge is 2.34. The molecule has 1 fully saturated rings. The minimum atomic E-state index is -0.0881. The number of carbonyl (C=O) groups is 1. The maximum Gasteiger partial charge on any atom is 0.240 e.